The van der Waals surface area contributed by atoms with E-state index >= 15 is 0 Å². The van der Waals surface area contributed by atoms with Gasteiger partial charge in [-0.15, -0.1) is 10.2 Å². The first kappa shape index (κ1) is 45.8. The lowest BCUT2D eigenvalue weighted by molar-refractivity contribution is 0.0888. The average Bonchev–Trinajstić information content (AvgIpc) is 3.81. The van der Waals surface area contributed by atoms with Crippen molar-refractivity contribution < 1.29 is 9.53 Å². The van der Waals surface area contributed by atoms with E-state index in [1.54, 1.807) is 33.5 Å². The zero-order valence-electron chi connectivity index (χ0n) is 39.5. The number of carbonyl (C=O) groups excluding carboxylic acids is 1. The van der Waals surface area contributed by atoms with Gasteiger partial charge in [-0.25, -0.2) is 0 Å². The Hall–Kier alpha value is -6.94. The molecule has 3 aliphatic heterocycles. The lowest BCUT2D eigenvalue weighted by Gasteiger charge is -2.40. The van der Waals surface area contributed by atoms with Crippen LogP contribution in [0.15, 0.2) is 77.9 Å². The van der Waals surface area contributed by atoms with E-state index in [1.807, 2.05) is 51.6 Å². The molecule has 3 fully saturated rings. The van der Waals surface area contributed by atoms with Crippen LogP contribution in [0.2, 0.25) is 5.02 Å². The number of amides is 1. The van der Waals surface area contributed by atoms with Crippen LogP contribution in [0.25, 0.3) is 22.0 Å². The summed E-state index contributed by atoms with van der Waals surface area (Å²) in [6.45, 7) is 9.20. The summed E-state index contributed by atoms with van der Waals surface area (Å²) in [5.41, 5.74) is 9.24. The molecule has 4 aliphatic rings. The number of ether oxygens (including phenoxy) is 1. The van der Waals surface area contributed by atoms with Gasteiger partial charge in [0.1, 0.15) is 11.8 Å². The molecule has 0 unspecified atom stereocenters. The topological polar surface area (TPSA) is 164 Å². The van der Waals surface area contributed by atoms with Crippen molar-refractivity contribution in [3.8, 4) is 29.0 Å². The second-order valence-electron chi connectivity index (χ2n) is 19.2. The fourth-order valence-electron chi connectivity index (χ4n) is 10.8. The first-order valence-electron chi connectivity index (χ1n) is 24.2. The van der Waals surface area contributed by atoms with Gasteiger partial charge in [0.25, 0.3) is 11.5 Å². The highest BCUT2D eigenvalue weighted by Crippen LogP contribution is 2.42. The number of rotatable bonds is 10. The first-order valence-corrected chi connectivity index (χ1v) is 24.6. The number of nitrogens with zero attached hydrogens (tertiary/aromatic N) is 11. The normalized spacial score (nSPS) is 19.0. The SMILES string of the molecule is Cc1cc2c(N3CCCc4cc(-c5cnn(C)c5)c(C#N)cc43)cc(N3CCN(CC4CCN(c5ccc(C(=O)NC6CCC(Oc7ccc(C#N)c(Cl)c7)CC6)nn5)CC4)CC3)cc2n(C)c1=O. The number of nitrogens with one attached hydrogen (secondary N) is 1. The van der Waals surface area contributed by atoms with E-state index in [4.69, 9.17) is 21.6 Å². The lowest BCUT2D eigenvalue weighted by Crippen LogP contribution is -2.49. The quantitative estimate of drug-likeness (QED) is 0.143. The highest BCUT2D eigenvalue weighted by atomic mass is 35.5. The Kier molecular flexibility index (Phi) is 13.0. The molecule has 1 aliphatic carbocycles. The van der Waals surface area contributed by atoms with Gasteiger partial charge in [0.15, 0.2) is 11.5 Å². The summed E-state index contributed by atoms with van der Waals surface area (Å²) < 4.78 is 9.67. The maximum atomic E-state index is 13.4. The van der Waals surface area contributed by atoms with Crippen LogP contribution >= 0.6 is 11.6 Å². The summed E-state index contributed by atoms with van der Waals surface area (Å²) >= 11 is 6.18. The number of hydrogen-bond donors (Lipinski definition) is 1. The van der Waals surface area contributed by atoms with E-state index in [9.17, 15) is 14.9 Å². The standard InChI is InChI=1S/C53H57ClN12O3/c1-34-23-45-49(62(3)53(34)68)26-41(27-50(45)66-16-4-5-36-24-44(38(30-56)25-48(36)66)39-31-57-61(2)33-39)64-21-19-63(20-22-64)32-35-14-17-65(18-15-35)51-13-12-47(59-60-51)52(67)58-40-7-10-42(11-8-40)69-43-9-6-37(29-55)46(54)28-43/h6,9,12-13,23-28,31,33,35,40,42H,4-5,7-8,10-11,14-22,32H2,1-3H3,(H,58,67). The van der Waals surface area contributed by atoms with Gasteiger partial charge >= 0.3 is 0 Å². The van der Waals surface area contributed by atoms with E-state index < -0.39 is 0 Å². The van der Waals surface area contributed by atoms with Crippen LogP contribution < -0.4 is 30.3 Å². The lowest BCUT2D eigenvalue weighted by atomic mass is 9.92. The zero-order chi connectivity index (χ0) is 47.8. The molecule has 1 saturated carbocycles. The van der Waals surface area contributed by atoms with Crippen LogP contribution in [0.4, 0.5) is 22.9 Å². The van der Waals surface area contributed by atoms with Crippen molar-refractivity contribution in [2.24, 2.45) is 20.0 Å². The summed E-state index contributed by atoms with van der Waals surface area (Å²) in [6, 6.07) is 24.1. The molecule has 0 radical (unpaired) electrons. The van der Waals surface area contributed by atoms with Crippen molar-refractivity contribution in [2.45, 2.75) is 70.4 Å². The molecule has 0 spiro atoms. The van der Waals surface area contributed by atoms with Crippen LogP contribution in [0.3, 0.4) is 0 Å². The predicted octanol–water partition coefficient (Wildman–Crippen LogP) is 7.68. The van der Waals surface area contributed by atoms with Gasteiger partial charge in [-0.1, -0.05) is 11.6 Å². The summed E-state index contributed by atoms with van der Waals surface area (Å²) in [4.78, 5) is 36.2. The molecule has 2 saturated heterocycles. The van der Waals surface area contributed by atoms with Crippen LogP contribution in [-0.2, 0) is 20.5 Å². The number of carbonyl (C=O) groups is 1. The molecule has 6 heterocycles. The highest BCUT2D eigenvalue weighted by Gasteiger charge is 2.29. The first-order chi connectivity index (χ1) is 33.5. The smallest absolute Gasteiger partial charge is 0.272 e. The molecular weight excluding hydrogens is 888 g/mol. The molecule has 1 amide bonds. The van der Waals surface area contributed by atoms with Crippen molar-refractivity contribution >= 4 is 51.3 Å². The number of benzene rings is 3. The van der Waals surface area contributed by atoms with E-state index in [0.717, 1.165) is 149 Å². The minimum atomic E-state index is -0.211. The number of piperidine rings is 1. The predicted molar refractivity (Wildman–Crippen MR) is 269 cm³/mol. The fourth-order valence-corrected chi connectivity index (χ4v) is 11.0. The number of piperazine rings is 1. The molecule has 3 aromatic heterocycles. The number of aromatic nitrogens is 5. The number of pyridine rings is 1. The van der Waals surface area contributed by atoms with Gasteiger partial charge in [-0.3, -0.25) is 19.2 Å². The third kappa shape index (κ3) is 9.59. The van der Waals surface area contributed by atoms with E-state index in [1.165, 1.54) is 5.56 Å². The summed E-state index contributed by atoms with van der Waals surface area (Å²) in [5, 5.41) is 37.2. The van der Waals surface area contributed by atoms with E-state index in [0.29, 0.717) is 39.1 Å². The molecule has 1 N–H and O–H groups in total. The fraction of sp³-hybridized carbons (Fsp3) is 0.415. The van der Waals surface area contributed by atoms with Gasteiger partial charge in [0, 0.05) is 118 Å². The Morgan fingerprint density at radius 2 is 1.62 bits per heavy atom. The van der Waals surface area contributed by atoms with Crippen LogP contribution in [-0.4, -0.2) is 99.9 Å². The maximum Gasteiger partial charge on any atom is 0.272 e. The third-order valence-corrected chi connectivity index (χ3v) is 15.0. The minimum Gasteiger partial charge on any atom is -0.490 e. The van der Waals surface area contributed by atoms with Gasteiger partial charge < -0.3 is 29.3 Å². The van der Waals surface area contributed by atoms with Crippen molar-refractivity contribution in [1.82, 2.24) is 34.8 Å². The number of hydrogen-bond acceptors (Lipinski definition) is 12. The highest BCUT2D eigenvalue weighted by molar-refractivity contribution is 6.31. The van der Waals surface area contributed by atoms with E-state index in [-0.39, 0.29) is 23.6 Å². The molecule has 10 rings (SSSR count). The third-order valence-electron chi connectivity index (χ3n) is 14.7. The van der Waals surface area contributed by atoms with Crippen LogP contribution in [0.1, 0.15) is 77.7 Å². The molecular formula is C53H57ClN12O3. The molecule has 15 nitrogen and oxygen atoms in total. The van der Waals surface area contributed by atoms with Crippen LogP contribution in [0, 0.1) is 35.5 Å². The molecule has 16 heteroatoms. The molecule has 6 aromatic rings. The molecule has 3 aromatic carbocycles. The van der Waals surface area contributed by atoms with Crippen LogP contribution in [0.5, 0.6) is 5.75 Å². The molecule has 69 heavy (non-hydrogen) atoms. The maximum absolute atomic E-state index is 13.4. The Morgan fingerprint density at radius 3 is 2.32 bits per heavy atom. The van der Waals surface area contributed by atoms with Crippen molar-refractivity contribution in [1.29, 1.82) is 10.5 Å². The largest absolute Gasteiger partial charge is 0.490 e. The Morgan fingerprint density at radius 1 is 0.841 bits per heavy atom. The van der Waals surface area contributed by atoms with E-state index in [2.05, 4.69) is 70.6 Å². The molecule has 0 atom stereocenters. The zero-order valence-corrected chi connectivity index (χ0v) is 40.3. The van der Waals surface area contributed by atoms with Gasteiger partial charge in [0.2, 0.25) is 0 Å². The summed E-state index contributed by atoms with van der Waals surface area (Å²) in [7, 11) is 3.76. The Labute approximate surface area is 407 Å². The Balaban J connectivity index is 0.736. The number of fused-ring (bicyclic) bond motifs is 2. The molecule has 354 valence electrons. The summed E-state index contributed by atoms with van der Waals surface area (Å²) in [6.07, 6.45) is 11.0. The average molecular weight is 946 g/mol. The monoisotopic (exact) mass is 944 g/mol. The number of halogens is 1. The molecule has 0 bridgehead atoms. The van der Waals surface area contributed by atoms with Gasteiger partial charge in [0.05, 0.1) is 45.7 Å². The summed E-state index contributed by atoms with van der Waals surface area (Å²) in [5.74, 6) is 1.82. The number of anilines is 4. The van der Waals surface area contributed by atoms with Crippen molar-refractivity contribution in [3.63, 3.8) is 0 Å². The Bertz CT molecular complexity index is 3040. The number of nitriles is 2. The van der Waals surface area contributed by atoms with Crippen molar-refractivity contribution in [2.75, 3.05) is 67.1 Å². The number of aryl methyl sites for hydroxylation is 4. The van der Waals surface area contributed by atoms with Gasteiger partial charge in [-0.2, -0.15) is 15.6 Å². The minimum absolute atomic E-state index is 0.00593. The van der Waals surface area contributed by atoms with Gasteiger partial charge in [-0.05, 0) is 124 Å². The second kappa shape index (κ2) is 19.6. The van der Waals surface area contributed by atoms with Crippen molar-refractivity contribution in [3.05, 3.63) is 116 Å². The second-order valence-corrected chi connectivity index (χ2v) is 19.6.